The van der Waals surface area contributed by atoms with Gasteiger partial charge in [-0.2, -0.15) is 0 Å². The lowest BCUT2D eigenvalue weighted by atomic mass is 10.1. The molecule has 0 fully saturated rings. The lowest BCUT2D eigenvalue weighted by Crippen LogP contribution is -2.33. The van der Waals surface area contributed by atoms with Crippen molar-refractivity contribution in [3.05, 3.63) is 29.8 Å². The van der Waals surface area contributed by atoms with Crippen LogP contribution < -0.4 is 10.6 Å². The molecule has 2 N–H and O–H groups in total. The fourth-order valence-corrected chi connectivity index (χ4v) is 2.61. The van der Waals surface area contributed by atoms with E-state index in [-0.39, 0.29) is 11.9 Å². The van der Waals surface area contributed by atoms with Crippen molar-refractivity contribution in [2.75, 3.05) is 12.3 Å². The molecule has 2 atom stereocenters. The van der Waals surface area contributed by atoms with Crippen LogP contribution in [-0.2, 0) is 4.79 Å². The summed E-state index contributed by atoms with van der Waals surface area (Å²) in [6.07, 6.45) is 2.11. The summed E-state index contributed by atoms with van der Waals surface area (Å²) in [5.41, 5.74) is 1.29. The van der Waals surface area contributed by atoms with Gasteiger partial charge in [0.05, 0.1) is 5.75 Å². The molecular formula is C17H28N2OS. The molecule has 1 aromatic carbocycles. The summed E-state index contributed by atoms with van der Waals surface area (Å²) in [4.78, 5) is 12.9. The Morgan fingerprint density at radius 2 is 1.86 bits per heavy atom. The molecule has 0 spiro atoms. The van der Waals surface area contributed by atoms with Gasteiger partial charge in [-0.1, -0.05) is 26.0 Å². The SMILES string of the molecule is CCCNC(C)c1ccc(SCC(=O)NC(C)CC)cc1. The lowest BCUT2D eigenvalue weighted by Gasteiger charge is -2.14. The van der Waals surface area contributed by atoms with Gasteiger partial charge in [-0.15, -0.1) is 11.8 Å². The average molecular weight is 308 g/mol. The number of carbonyl (C=O) groups excluding carboxylic acids is 1. The minimum atomic E-state index is 0.108. The van der Waals surface area contributed by atoms with Crippen molar-refractivity contribution >= 4 is 17.7 Å². The van der Waals surface area contributed by atoms with Gasteiger partial charge >= 0.3 is 0 Å². The highest BCUT2D eigenvalue weighted by Gasteiger charge is 2.07. The van der Waals surface area contributed by atoms with Crippen LogP contribution in [0.4, 0.5) is 0 Å². The summed E-state index contributed by atoms with van der Waals surface area (Å²) in [6.45, 7) is 9.49. The zero-order chi connectivity index (χ0) is 15.7. The Hall–Kier alpha value is -1.00. The molecule has 0 radical (unpaired) electrons. The predicted octanol–water partition coefficient (Wildman–Crippen LogP) is 3.75. The molecule has 118 valence electrons. The van der Waals surface area contributed by atoms with E-state index in [0.29, 0.717) is 11.8 Å². The maximum Gasteiger partial charge on any atom is 0.230 e. The minimum absolute atomic E-state index is 0.108. The highest BCUT2D eigenvalue weighted by atomic mass is 32.2. The van der Waals surface area contributed by atoms with Gasteiger partial charge in [0.1, 0.15) is 0 Å². The highest BCUT2D eigenvalue weighted by Crippen LogP contribution is 2.21. The summed E-state index contributed by atoms with van der Waals surface area (Å²) in [5.74, 6) is 0.587. The number of nitrogens with one attached hydrogen (secondary N) is 2. The van der Waals surface area contributed by atoms with E-state index >= 15 is 0 Å². The third-order valence-electron chi connectivity index (χ3n) is 3.47. The fourth-order valence-electron chi connectivity index (χ4n) is 1.90. The van der Waals surface area contributed by atoms with Gasteiger partial charge in [0.2, 0.25) is 5.91 Å². The van der Waals surface area contributed by atoms with Gasteiger partial charge in [-0.05, 0) is 50.9 Å². The van der Waals surface area contributed by atoms with Crippen LogP contribution in [0.3, 0.4) is 0 Å². The van der Waals surface area contributed by atoms with Crippen molar-refractivity contribution in [2.24, 2.45) is 0 Å². The molecule has 0 aliphatic heterocycles. The van der Waals surface area contributed by atoms with Crippen LogP contribution in [0.5, 0.6) is 0 Å². The molecule has 0 aromatic heterocycles. The Bertz CT molecular complexity index is 419. The quantitative estimate of drug-likeness (QED) is 0.683. The molecular weight excluding hydrogens is 280 g/mol. The van der Waals surface area contributed by atoms with Crippen molar-refractivity contribution < 1.29 is 4.79 Å². The molecule has 0 aliphatic carbocycles. The number of rotatable bonds is 9. The van der Waals surface area contributed by atoms with Gasteiger partial charge in [0.15, 0.2) is 0 Å². The first-order chi connectivity index (χ1) is 10.1. The number of thioether (sulfide) groups is 1. The number of hydrogen-bond donors (Lipinski definition) is 2. The van der Waals surface area contributed by atoms with E-state index in [4.69, 9.17) is 0 Å². The van der Waals surface area contributed by atoms with E-state index in [1.54, 1.807) is 11.8 Å². The zero-order valence-corrected chi connectivity index (χ0v) is 14.4. The van der Waals surface area contributed by atoms with Gasteiger partial charge in [-0.3, -0.25) is 4.79 Å². The Morgan fingerprint density at radius 3 is 2.43 bits per heavy atom. The van der Waals surface area contributed by atoms with Crippen LogP contribution in [-0.4, -0.2) is 24.2 Å². The minimum Gasteiger partial charge on any atom is -0.353 e. The number of amides is 1. The monoisotopic (exact) mass is 308 g/mol. The van der Waals surface area contributed by atoms with Crippen molar-refractivity contribution in [1.29, 1.82) is 0 Å². The maximum atomic E-state index is 11.7. The second kappa shape index (κ2) is 9.85. The van der Waals surface area contributed by atoms with E-state index in [1.807, 2.05) is 6.92 Å². The molecule has 1 aromatic rings. The summed E-state index contributed by atoms with van der Waals surface area (Å²) in [5, 5.41) is 6.46. The molecule has 3 nitrogen and oxygen atoms in total. The van der Waals surface area contributed by atoms with Crippen molar-refractivity contribution in [1.82, 2.24) is 10.6 Å². The molecule has 0 saturated carbocycles. The molecule has 1 amide bonds. The van der Waals surface area contributed by atoms with E-state index in [1.165, 1.54) is 5.56 Å². The van der Waals surface area contributed by atoms with Gasteiger partial charge < -0.3 is 10.6 Å². The highest BCUT2D eigenvalue weighted by molar-refractivity contribution is 8.00. The largest absolute Gasteiger partial charge is 0.353 e. The molecule has 0 saturated heterocycles. The van der Waals surface area contributed by atoms with E-state index < -0.39 is 0 Å². The Morgan fingerprint density at radius 1 is 1.19 bits per heavy atom. The smallest absolute Gasteiger partial charge is 0.230 e. The number of benzene rings is 1. The summed E-state index contributed by atoms with van der Waals surface area (Å²) in [7, 11) is 0. The average Bonchev–Trinajstić information content (AvgIpc) is 2.50. The first-order valence-electron chi connectivity index (χ1n) is 7.82. The van der Waals surface area contributed by atoms with Gasteiger partial charge in [-0.25, -0.2) is 0 Å². The van der Waals surface area contributed by atoms with Crippen LogP contribution >= 0.6 is 11.8 Å². The molecule has 4 heteroatoms. The fraction of sp³-hybridized carbons (Fsp3) is 0.588. The van der Waals surface area contributed by atoms with Crippen LogP contribution in [0.1, 0.15) is 52.1 Å². The first-order valence-corrected chi connectivity index (χ1v) is 8.80. The van der Waals surface area contributed by atoms with Crippen LogP contribution in [0.25, 0.3) is 0 Å². The Labute approximate surface area is 133 Å². The van der Waals surface area contributed by atoms with Crippen LogP contribution in [0.15, 0.2) is 29.2 Å². The molecule has 0 bridgehead atoms. The van der Waals surface area contributed by atoms with Crippen molar-refractivity contribution in [2.45, 2.75) is 57.5 Å². The van der Waals surface area contributed by atoms with E-state index in [2.05, 4.69) is 55.7 Å². The van der Waals surface area contributed by atoms with E-state index in [0.717, 1.165) is 24.3 Å². The van der Waals surface area contributed by atoms with Gasteiger partial charge in [0.25, 0.3) is 0 Å². The third kappa shape index (κ3) is 7.00. The summed E-state index contributed by atoms with van der Waals surface area (Å²) >= 11 is 1.59. The zero-order valence-electron chi connectivity index (χ0n) is 13.6. The molecule has 21 heavy (non-hydrogen) atoms. The lowest BCUT2D eigenvalue weighted by molar-refractivity contribution is -0.119. The van der Waals surface area contributed by atoms with Crippen molar-refractivity contribution in [3.8, 4) is 0 Å². The topological polar surface area (TPSA) is 41.1 Å². The Balaban J connectivity index is 2.42. The molecule has 2 unspecified atom stereocenters. The van der Waals surface area contributed by atoms with E-state index in [9.17, 15) is 4.79 Å². The standard InChI is InChI=1S/C17H28N2OS/c1-5-11-18-14(4)15-7-9-16(10-8-15)21-12-17(20)19-13(3)6-2/h7-10,13-14,18H,5-6,11-12H2,1-4H3,(H,19,20). The number of carbonyl (C=O) groups is 1. The summed E-state index contributed by atoms with van der Waals surface area (Å²) in [6, 6.07) is 9.11. The second-order valence-corrected chi connectivity index (χ2v) is 6.46. The Kier molecular flexibility index (Phi) is 8.47. The molecule has 0 heterocycles. The summed E-state index contributed by atoms with van der Waals surface area (Å²) < 4.78 is 0. The van der Waals surface area contributed by atoms with Crippen LogP contribution in [0, 0.1) is 0 Å². The van der Waals surface area contributed by atoms with Crippen LogP contribution in [0.2, 0.25) is 0 Å². The number of hydrogen-bond acceptors (Lipinski definition) is 3. The second-order valence-electron chi connectivity index (χ2n) is 5.41. The normalized spacial score (nSPS) is 13.7. The molecule has 1 rings (SSSR count). The van der Waals surface area contributed by atoms with Gasteiger partial charge in [0, 0.05) is 17.0 Å². The van der Waals surface area contributed by atoms with Crippen molar-refractivity contribution in [3.63, 3.8) is 0 Å². The maximum absolute atomic E-state index is 11.7. The molecule has 0 aliphatic rings. The third-order valence-corrected chi connectivity index (χ3v) is 4.48. The first kappa shape index (κ1) is 18.1. The predicted molar refractivity (Wildman–Crippen MR) is 91.8 cm³/mol.